The van der Waals surface area contributed by atoms with Crippen LogP contribution in [0.3, 0.4) is 0 Å². The average Bonchev–Trinajstić information content (AvgIpc) is 2.94. The molecular weight excluding hydrogens is 274 g/mol. The molecule has 0 spiro atoms. The molecule has 0 aliphatic heterocycles. The number of hydrogen-bond donors (Lipinski definition) is 1. The first-order valence-corrected chi connectivity index (χ1v) is 7.45. The van der Waals surface area contributed by atoms with Gasteiger partial charge in [0.25, 0.3) is 0 Å². The molecule has 0 atom stereocenters. The molecule has 0 fully saturated rings. The normalized spacial score (nSPS) is 10.8. The van der Waals surface area contributed by atoms with E-state index in [2.05, 4.69) is 10.3 Å². The maximum atomic E-state index is 11.9. The molecule has 0 aliphatic rings. The monoisotopic (exact) mass is 293 g/mol. The van der Waals surface area contributed by atoms with Crippen molar-refractivity contribution in [1.29, 1.82) is 0 Å². The fourth-order valence-corrected chi connectivity index (χ4v) is 2.42. The van der Waals surface area contributed by atoms with E-state index in [1.165, 1.54) is 11.1 Å². The number of rotatable bonds is 5. The fourth-order valence-electron chi connectivity index (χ4n) is 2.42. The highest BCUT2D eigenvalue weighted by Gasteiger charge is 2.05. The van der Waals surface area contributed by atoms with Crippen LogP contribution in [0.2, 0.25) is 0 Å². The topological polar surface area (TPSA) is 46.4 Å². The van der Waals surface area contributed by atoms with Crippen LogP contribution in [0.1, 0.15) is 23.2 Å². The maximum Gasteiger partial charge on any atom is 0.220 e. The Morgan fingerprint density at radius 1 is 1.14 bits per heavy atom. The number of carbonyl (C=O) groups is 1. The molecule has 2 heterocycles. The van der Waals surface area contributed by atoms with Gasteiger partial charge >= 0.3 is 0 Å². The molecule has 1 aromatic carbocycles. The summed E-state index contributed by atoms with van der Waals surface area (Å²) in [5.41, 5.74) is 4.14. The number of hydrogen-bond acceptors (Lipinski definition) is 2. The molecule has 0 unspecified atom stereocenters. The van der Waals surface area contributed by atoms with E-state index < -0.39 is 0 Å². The molecule has 0 saturated heterocycles. The van der Waals surface area contributed by atoms with Gasteiger partial charge in [-0.3, -0.25) is 4.79 Å². The Hall–Kier alpha value is -2.62. The average molecular weight is 293 g/mol. The van der Waals surface area contributed by atoms with Crippen LogP contribution in [0.5, 0.6) is 0 Å². The van der Waals surface area contributed by atoms with Crippen LogP contribution in [0.4, 0.5) is 0 Å². The smallest absolute Gasteiger partial charge is 0.220 e. The Morgan fingerprint density at radius 3 is 2.77 bits per heavy atom. The summed E-state index contributed by atoms with van der Waals surface area (Å²) in [6.07, 6.45) is 5.25. The molecule has 4 heteroatoms. The van der Waals surface area contributed by atoms with Gasteiger partial charge in [0, 0.05) is 18.8 Å². The summed E-state index contributed by atoms with van der Waals surface area (Å²) in [5.74, 6) is 0.0529. The summed E-state index contributed by atoms with van der Waals surface area (Å²) in [5, 5.41) is 2.93. The lowest BCUT2D eigenvalue weighted by molar-refractivity contribution is -0.121. The number of imidazole rings is 1. The molecule has 1 N–H and O–H groups in total. The number of amides is 1. The molecule has 0 radical (unpaired) electrons. The van der Waals surface area contributed by atoms with Gasteiger partial charge in [0.15, 0.2) is 0 Å². The fraction of sp³-hybridized carbons (Fsp3) is 0.222. The molecule has 3 aromatic rings. The second kappa shape index (κ2) is 6.43. The van der Waals surface area contributed by atoms with Crippen LogP contribution in [0.25, 0.3) is 5.65 Å². The van der Waals surface area contributed by atoms with E-state index in [9.17, 15) is 4.79 Å². The van der Waals surface area contributed by atoms with Crippen molar-refractivity contribution < 1.29 is 4.79 Å². The van der Waals surface area contributed by atoms with E-state index in [1.807, 2.05) is 66.2 Å². The highest BCUT2D eigenvalue weighted by atomic mass is 16.1. The Labute approximate surface area is 129 Å². The Balaban J connectivity index is 1.53. The first kappa shape index (κ1) is 14.3. The zero-order chi connectivity index (χ0) is 15.4. The number of aromatic nitrogens is 2. The SMILES string of the molecule is Cc1ccc2nc(CNC(=O)CCc3ccccc3)cn2c1. The van der Waals surface area contributed by atoms with Crippen molar-refractivity contribution in [3.05, 3.63) is 71.7 Å². The van der Waals surface area contributed by atoms with Crippen molar-refractivity contribution in [3.8, 4) is 0 Å². The number of nitrogens with zero attached hydrogens (tertiary/aromatic N) is 2. The van der Waals surface area contributed by atoms with Gasteiger partial charge in [0.05, 0.1) is 12.2 Å². The van der Waals surface area contributed by atoms with Gasteiger partial charge < -0.3 is 9.72 Å². The third-order valence-electron chi connectivity index (χ3n) is 3.60. The second-order valence-electron chi connectivity index (χ2n) is 5.47. The lowest BCUT2D eigenvalue weighted by atomic mass is 10.1. The number of carbonyl (C=O) groups excluding carboxylic acids is 1. The van der Waals surface area contributed by atoms with Gasteiger partial charge in [-0.25, -0.2) is 4.98 Å². The van der Waals surface area contributed by atoms with E-state index >= 15 is 0 Å². The molecule has 22 heavy (non-hydrogen) atoms. The molecule has 0 aliphatic carbocycles. The van der Waals surface area contributed by atoms with Crippen molar-refractivity contribution in [2.24, 2.45) is 0 Å². The summed E-state index contributed by atoms with van der Waals surface area (Å²) >= 11 is 0. The first-order valence-electron chi connectivity index (χ1n) is 7.45. The minimum absolute atomic E-state index is 0.0529. The molecule has 0 saturated carbocycles. The number of aryl methyl sites for hydroxylation is 2. The van der Waals surface area contributed by atoms with Crippen molar-refractivity contribution in [1.82, 2.24) is 14.7 Å². The van der Waals surface area contributed by atoms with E-state index in [0.29, 0.717) is 13.0 Å². The van der Waals surface area contributed by atoms with E-state index in [0.717, 1.165) is 17.8 Å². The molecule has 0 bridgehead atoms. The van der Waals surface area contributed by atoms with Crippen molar-refractivity contribution in [3.63, 3.8) is 0 Å². The molecular formula is C18H19N3O. The molecule has 2 aromatic heterocycles. The first-order chi connectivity index (χ1) is 10.7. The standard InChI is InChI=1S/C18H19N3O/c1-14-7-9-17-20-16(13-21(17)12-14)11-19-18(22)10-8-15-5-3-2-4-6-15/h2-7,9,12-13H,8,10-11H2,1H3,(H,19,22). The van der Waals surface area contributed by atoms with E-state index in [1.54, 1.807) is 0 Å². The van der Waals surface area contributed by atoms with E-state index in [4.69, 9.17) is 0 Å². The van der Waals surface area contributed by atoms with Crippen molar-refractivity contribution in [2.45, 2.75) is 26.3 Å². The zero-order valence-electron chi connectivity index (χ0n) is 12.6. The summed E-state index contributed by atoms with van der Waals surface area (Å²) in [4.78, 5) is 16.4. The molecule has 4 nitrogen and oxygen atoms in total. The number of pyridine rings is 1. The van der Waals surface area contributed by atoms with Crippen LogP contribution in [0.15, 0.2) is 54.9 Å². The van der Waals surface area contributed by atoms with Crippen LogP contribution in [0, 0.1) is 6.92 Å². The van der Waals surface area contributed by atoms with Crippen molar-refractivity contribution in [2.75, 3.05) is 0 Å². The minimum Gasteiger partial charge on any atom is -0.350 e. The summed E-state index contributed by atoms with van der Waals surface area (Å²) in [6, 6.07) is 14.1. The van der Waals surface area contributed by atoms with Gasteiger partial charge in [-0.15, -0.1) is 0 Å². The predicted octanol–water partition coefficient (Wildman–Crippen LogP) is 2.89. The van der Waals surface area contributed by atoms with Gasteiger partial charge in [-0.1, -0.05) is 36.4 Å². The van der Waals surface area contributed by atoms with Gasteiger partial charge in [0.1, 0.15) is 5.65 Å². The quantitative estimate of drug-likeness (QED) is 0.786. The summed E-state index contributed by atoms with van der Waals surface area (Å²) in [7, 11) is 0. The second-order valence-corrected chi connectivity index (χ2v) is 5.47. The predicted molar refractivity (Wildman–Crippen MR) is 86.5 cm³/mol. The molecule has 1 amide bonds. The lowest BCUT2D eigenvalue weighted by Gasteiger charge is -2.03. The summed E-state index contributed by atoms with van der Waals surface area (Å²) in [6.45, 7) is 2.51. The van der Waals surface area contributed by atoms with Gasteiger partial charge in [0.2, 0.25) is 5.91 Å². The lowest BCUT2D eigenvalue weighted by Crippen LogP contribution is -2.23. The summed E-state index contributed by atoms with van der Waals surface area (Å²) < 4.78 is 1.99. The third-order valence-corrected chi connectivity index (χ3v) is 3.60. The zero-order valence-corrected chi connectivity index (χ0v) is 12.6. The largest absolute Gasteiger partial charge is 0.350 e. The number of nitrogens with one attached hydrogen (secondary N) is 1. The Bertz CT molecular complexity index is 777. The molecule has 112 valence electrons. The number of fused-ring (bicyclic) bond motifs is 1. The highest BCUT2D eigenvalue weighted by molar-refractivity contribution is 5.76. The van der Waals surface area contributed by atoms with E-state index in [-0.39, 0.29) is 5.91 Å². The van der Waals surface area contributed by atoms with Crippen LogP contribution in [-0.2, 0) is 17.8 Å². The third kappa shape index (κ3) is 3.52. The van der Waals surface area contributed by atoms with Crippen molar-refractivity contribution >= 4 is 11.6 Å². The van der Waals surface area contributed by atoms with Gasteiger partial charge in [-0.05, 0) is 30.5 Å². The minimum atomic E-state index is 0.0529. The molecule has 3 rings (SSSR count). The van der Waals surface area contributed by atoms with Crippen LogP contribution < -0.4 is 5.32 Å². The Morgan fingerprint density at radius 2 is 1.95 bits per heavy atom. The highest BCUT2D eigenvalue weighted by Crippen LogP contribution is 2.07. The van der Waals surface area contributed by atoms with Crippen LogP contribution >= 0.6 is 0 Å². The maximum absolute atomic E-state index is 11.9. The van der Waals surface area contributed by atoms with Crippen LogP contribution in [-0.4, -0.2) is 15.3 Å². The van der Waals surface area contributed by atoms with Gasteiger partial charge in [-0.2, -0.15) is 0 Å². The Kier molecular flexibility index (Phi) is 4.19. The number of benzene rings is 1.